The number of esters is 1. The number of carbonyl (C=O) groups is 2. The van der Waals surface area contributed by atoms with E-state index in [9.17, 15) is 9.59 Å². The van der Waals surface area contributed by atoms with Crippen molar-refractivity contribution in [3.63, 3.8) is 0 Å². The summed E-state index contributed by atoms with van der Waals surface area (Å²) in [6.45, 7) is 3.36. The maximum absolute atomic E-state index is 13.0. The summed E-state index contributed by atoms with van der Waals surface area (Å²) in [5.74, 6) is 0.763. The summed E-state index contributed by atoms with van der Waals surface area (Å²) in [6.07, 6.45) is 1.72. The third kappa shape index (κ3) is 6.65. The second kappa shape index (κ2) is 12.8. The van der Waals surface area contributed by atoms with Gasteiger partial charge in [0.25, 0.3) is 0 Å². The van der Waals surface area contributed by atoms with Crippen LogP contribution in [0.3, 0.4) is 0 Å². The Morgan fingerprint density at radius 2 is 1.66 bits per heavy atom. The number of piperidine rings is 3. The van der Waals surface area contributed by atoms with Crippen LogP contribution in [-0.4, -0.2) is 49.8 Å². The van der Waals surface area contributed by atoms with Crippen molar-refractivity contribution in [2.45, 2.75) is 31.6 Å². The number of carbonyl (C=O) groups excluding carboxylic acids is 2. The van der Waals surface area contributed by atoms with Crippen LogP contribution in [0.2, 0.25) is 0 Å². The van der Waals surface area contributed by atoms with Crippen molar-refractivity contribution in [2.75, 3.05) is 26.7 Å². The van der Waals surface area contributed by atoms with Gasteiger partial charge in [-0.2, -0.15) is 0 Å². The molecule has 8 heteroatoms. The smallest absolute Gasteiger partial charge is 0.408 e. The van der Waals surface area contributed by atoms with Crippen LogP contribution in [0.4, 0.5) is 4.79 Å². The Kier molecular flexibility index (Phi) is 9.26. The van der Waals surface area contributed by atoms with Gasteiger partial charge in [-0.25, -0.2) is 9.59 Å². The lowest BCUT2D eigenvalue weighted by Crippen LogP contribution is -2.52. The number of hydrogen-bond acceptors (Lipinski definition) is 6. The van der Waals surface area contributed by atoms with Crippen molar-refractivity contribution in [1.82, 2.24) is 10.2 Å². The quantitative estimate of drug-likeness (QED) is 0.389. The van der Waals surface area contributed by atoms with Gasteiger partial charge in [-0.05, 0) is 72.8 Å². The fraction of sp³-hybridized carbons (Fsp3) is 0.333. The molecule has 7 nitrogen and oxygen atoms in total. The van der Waals surface area contributed by atoms with Crippen molar-refractivity contribution in [3.8, 4) is 5.75 Å². The van der Waals surface area contributed by atoms with E-state index in [0.29, 0.717) is 23.8 Å². The first-order valence-corrected chi connectivity index (χ1v) is 12.7. The average molecular weight is 537 g/mol. The zero-order chi connectivity index (χ0) is 25.6. The summed E-state index contributed by atoms with van der Waals surface area (Å²) >= 11 is 0. The van der Waals surface area contributed by atoms with Gasteiger partial charge in [0.1, 0.15) is 18.5 Å². The van der Waals surface area contributed by atoms with Gasteiger partial charge in [-0.1, -0.05) is 54.6 Å². The van der Waals surface area contributed by atoms with E-state index in [1.54, 1.807) is 12.1 Å². The number of rotatable bonds is 8. The zero-order valence-electron chi connectivity index (χ0n) is 21.4. The molecule has 6 rings (SSSR count). The molecule has 0 aliphatic carbocycles. The number of methoxy groups -OCH3 is 1. The zero-order valence-corrected chi connectivity index (χ0v) is 22.2. The summed E-state index contributed by atoms with van der Waals surface area (Å²) in [7, 11) is 1.36. The van der Waals surface area contributed by atoms with E-state index >= 15 is 0 Å². The van der Waals surface area contributed by atoms with Gasteiger partial charge in [0.15, 0.2) is 0 Å². The van der Waals surface area contributed by atoms with E-state index < -0.39 is 6.09 Å². The summed E-state index contributed by atoms with van der Waals surface area (Å²) in [5, 5.41) is 3.10. The Morgan fingerprint density at radius 1 is 0.947 bits per heavy atom. The molecule has 3 aliphatic heterocycles. The molecule has 1 amide bonds. The number of ether oxygens (including phenoxy) is 3. The molecule has 200 valence electrons. The molecule has 38 heavy (non-hydrogen) atoms. The summed E-state index contributed by atoms with van der Waals surface area (Å²) in [6, 6.07) is 24.3. The largest absolute Gasteiger partial charge is 0.489 e. The number of benzene rings is 3. The third-order valence-electron chi connectivity index (χ3n) is 7.22. The van der Waals surface area contributed by atoms with Crippen LogP contribution in [0.5, 0.6) is 5.75 Å². The first kappa shape index (κ1) is 27.5. The summed E-state index contributed by atoms with van der Waals surface area (Å²) in [5.41, 5.74) is 3.28. The van der Waals surface area contributed by atoms with Gasteiger partial charge >= 0.3 is 12.1 Å². The van der Waals surface area contributed by atoms with Gasteiger partial charge in [0.05, 0.1) is 18.7 Å². The van der Waals surface area contributed by atoms with E-state index in [-0.39, 0.29) is 30.5 Å². The lowest BCUT2D eigenvalue weighted by atomic mass is 9.86. The number of alkyl carbamates (subject to hydrolysis) is 1. The standard InChI is InChI=1S/C30H32N2O5.ClH/c1-35-29(33)24-12-10-21(11-13-24)20-36-26-9-5-8-25(18-26)28(23-6-3-2-4-7-23)31-30(34)37-27-19-32-16-14-22(27)15-17-32;/h2-13,18,22,27-28H,14-17,19-20H2,1H3,(H,31,34);1H/t27-,28?;/m0./s1. The maximum Gasteiger partial charge on any atom is 0.408 e. The lowest BCUT2D eigenvalue weighted by Gasteiger charge is -2.43. The molecule has 0 aromatic heterocycles. The highest BCUT2D eigenvalue weighted by Gasteiger charge is 2.36. The molecular weight excluding hydrogens is 504 g/mol. The van der Waals surface area contributed by atoms with Crippen LogP contribution in [0, 0.1) is 5.92 Å². The monoisotopic (exact) mass is 536 g/mol. The molecule has 3 fully saturated rings. The predicted molar refractivity (Wildman–Crippen MR) is 147 cm³/mol. The molecule has 3 aromatic carbocycles. The molecule has 3 aromatic rings. The van der Waals surface area contributed by atoms with Crippen molar-refractivity contribution < 1.29 is 23.8 Å². The highest BCUT2D eigenvalue weighted by atomic mass is 35.5. The minimum Gasteiger partial charge on any atom is -0.489 e. The molecule has 0 saturated carbocycles. The third-order valence-corrected chi connectivity index (χ3v) is 7.22. The fourth-order valence-corrected chi connectivity index (χ4v) is 5.14. The van der Waals surface area contributed by atoms with E-state index in [0.717, 1.165) is 49.2 Å². The van der Waals surface area contributed by atoms with Gasteiger partial charge in [-0.3, -0.25) is 4.90 Å². The maximum atomic E-state index is 13.0. The minimum absolute atomic E-state index is 0. The molecule has 2 bridgehead atoms. The molecule has 1 N–H and O–H groups in total. The molecule has 3 heterocycles. The molecule has 0 spiro atoms. The first-order chi connectivity index (χ1) is 18.1. The molecule has 2 atom stereocenters. The van der Waals surface area contributed by atoms with Gasteiger partial charge < -0.3 is 19.5 Å². The number of halogens is 1. The Hall–Kier alpha value is -3.55. The van der Waals surface area contributed by atoms with Crippen LogP contribution in [0.1, 0.15) is 45.9 Å². The van der Waals surface area contributed by atoms with Crippen LogP contribution >= 0.6 is 12.4 Å². The highest BCUT2D eigenvalue weighted by molar-refractivity contribution is 5.89. The van der Waals surface area contributed by atoms with Crippen molar-refractivity contribution >= 4 is 24.5 Å². The van der Waals surface area contributed by atoms with Crippen LogP contribution in [0.15, 0.2) is 78.9 Å². The van der Waals surface area contributed by atoms with Crippen LogP contribution < -0.4 is 10.1 Å². The van der Waals surface area contributed by atoms with E-state index in [2.05, 4.69) is 10.2 Å². The number of amides is 1. The Morgan fingerprint density at radius 3 is 2.32 bits per heavy atom. The predicted octanol–water partition coefficient (Wildman–Crippen LogP) is 5.38. The fourth-order valence-electron chi connectivity index (χ4n) is 5.14. The van der Waals surface area contributed by atoms with Gasteiger partial charge in [0.2, 0.25) is 0 Å². The topological polar surface area (TPSA) is 77.1 Å². The second-order valence-corrected chi connectivity index (χ2v) is 9.62. The summed E-state index contributed by atoms with van der Waals surface area (Å²) in [4.78, 5) is 27.0. The molecule has 3 aliphatic rings. The Balaban J connectivity index is 0.00000336. The van der Waals surface area contributed by atoms with E-state index in [1.807, 2.05) is 66.7 Å². The van der Waals surface area contributed by atoms with E-state index in [1.165, 1.54) is 7.11 Å². The normalized spacial score (nSPS) is 20.5. The van der Waals surface area contributed by atoms with Crippen molar-refractivity contribution in [2.24, 2.45) is 5.92 Å². The van der Waals surface area contributed by atoms with Crippen LogP contribution in [0.25, 0.3) is 0 Å². The van der Waals surface area contributed by atoms with E-state index in [4.69, 9.17) is 14.2 Å². The first-order valence-electron chi connectivity index (χ1n) is 12.7. The molecular formula is C30H33ClN2O5. The Bertz CT molecular complexity index is 1210. The lowest BCUT2D eigenvalue weighted by molar-refractivity contribution is -0.0336. The highest BCUT2D eigenvalue weighted by Crippen LogP contribution is 2.30. The molecule has 1 unspecified atom stereocenters. The Labute approximate surface area is 229 Å². The second-order valence-electron chi connectivity index (χ2n) is 9.62. The molecule has 0 radical (unpaired) electrons. The minimum atomic E-state index is -0.398. The van der Waals surface area contributed by atoms with Crippen LogP contribution in [-0.2, 0) is 16.1 Å². The number of nitrogens with zero attached hydrogens (tertiary/aromatic N) is 1. The SMILES string of the molecule is COC(=O)c1ccc(COc2cccc(C(NC(=O)O[C@H]3CN4CCC3CC4)c3ccccc3)c2)cc1.Cl. The number of hydrogen-bond donors (Lipinski definition) is 1. The van der Waals surface area contributed by atoms with Crippen molar-refractivity contribution in [1.29, 1.82) is 0 Å². The van der Waals surface area contributed by atoms with Crippen molar-refractivity contribution in [3.05, 3.63) is 101 Å². The summed E-state index contributed by atoms with van der Waals surface area (Å²) < 4.78 is 16.7. The van der Waals surface area contributed by atoms with Gasteiger partial charge in [-0.15, -0.1) is 12.4 Å². The average Bonchev–Trinajstić information content (AvgIpc) is 2.96. The number of fused-ring (bicyclic) bond motifs is 3. The van der Waals surface area contributed by atoms with Gasteiger partial charge in [0, 0.05) is 6.54 Å². The number of nitrogens with one attached hydrogen (secondary N) is 1. The molecule has 3 saturated heterocycles.